The van der Waals surface area contributed by atoms with Crippen molar-refractivity contribution in [2.45, 2.75) is 38.8 Å². The molecular formula is C10H21N3O. The van der Waals surface area contributed by atoms with Crippen LogP contribution in [-0.2, 0) is 4.79 Å². The van der Waals surface area contributed by atoms with Crippen molar-refractivity contribution in [1.82, 2.24) is 10.6 Å². The number of hydrogen-bond acceptors (Lipinski definition) is 3. The molecule has 4 heteroatoms. The molecule has 0 aromatic heterocycles. The summed E-state index contributed by atoms with van der Waals surface area (Å²) in [5.41, 5.74) is 5.75. The van der Waals surface area contributed by atoms with Gasteiger partial charge in [-0.05, 0) is 31.8 Å². The molecule has 4 nitrogen and oxygen atoms in total. The van der Waals surface area contributed by atoms with Crippen LogP contribution in [0.5, 0.6) is 0 Å². The first-order valence-corrected chi connectivity index (χ1v) is 5.38. The highest BCUT2D eigenvalue weighted by molar-refractivity contribution is 5.82. The van der Waals surface area contributed by atoms with Gasteiger partial charge in [0.05, 0.1) is 6.04 Å². The number of rotatable bonds is 3. The molecule has 0 aromatic rings. The van der Waals surface area contributed by atoms with Gasteiger partial charge in [0.1, 0.15) is 0 Å². The van der Waals surface area contributed by atoms with E-state index in [1.807, 2.05) is 13.8 Å². The lowest BCUT2D eigenvalue weighted by Gasteiger charge is -2.26. The van der Waals surface area contributed by atoms with Crippen LogP contribution in [0, 0.1) is 5.92 Å². The Hall–Kier alpha value is -0.610. The average Bonchev–Trinajstić information content (AvgIpc) is 2.18. The van der Waals surface area contributed by atoms with Gasteiger partial charge in [-0.25, -0.2) is 0 Å². The maximum Gasteiger partial charge on any atom is 0.237 e. The Morgan fingerprint density at radius 2 is 2.00 bits per heavy atom. The highest BCUT2D eigenvalue weighted by Crippen LogP contribution is 2.04. The molecule has 1 rings (SSSR count). The molecule has 1 aliphatic heterocycles. The number of carbonyl (C=O) groups excluding carboxylic acids is 1. The monoisotopic (exact) mass is 199 g/mol. The van der Waals surface area contributed by atoms with Gasteiger partial charge in [0, 0.05) is 6.04 Å². The molecule has 0 saturated carbocycles. The lowest BCUT2D eigenvalue weighted by molar-refractivity contribution is -0.124. The number of hydrogen-bond donors (Lipinski definition) is 3. The molecule has 1 amide bonds. The quantitative estimate of drug-likeness (QED) is 0.591. The summed E-state index contributed by atoms with van der Waals surface area (Å²) in [6, 6.07) is -0.0570. The minimum atomic E-state index is -0.370. The highest BCUT2D eigenvalue weighted by atomic mass is 16.2. The van der Waals surface area contributed by atoms with Crippen LogP contribution >= 0.6 is 0 Å². The molecular weight excluding hydrogens is 178 g/mol. The molecule has 0 aromatic carbocycles. The molecule has 1 heterocycles. The summed E-state index contributed by atoms with van der Waals surface area (Å²) in [6.45, 7) is 5.91. The van der Waals surface area contributed by atoms with Crippen molar-refractivity contribution in [3.63, 3.8) is 0 Å². The van der Waals surface area contributed by atoms with Gasteiger partial charge in [0.25, 0.3) is 0 Å². The molecule has 0 bridgehead atoms. The van der Waals surface area contributed by atoms with Gasteiger partial charge in [-0.3, -0.25) is 4.79 Å². The molecule has 82 valence electrons. The fourth-order valence-corrected chi connectivity index (χ4v) is 1.57. The lowest BCUT2D eigenvalue weighted by Crippen LogP contribution is -2.50. The van der Waals surface area contributed by atoms with Gasteiger partial charge >= 0.3 is 0 Å². The summed E-state index contributed by atoms with van der Waals surface area (Å²) in [6.07, 6.45) is 2.02. The maximum absolute atomic E-state index is 11.6. The maximum atomic E-state index is 11.6. The normalized spacial score (nSPS) is 20.9. The van der Waals surface area contributed by atoms with E-state index in [1.165, 1.54) is 0 Å². The highest BCUT2D eigenvalue weighted by Gasteiger charge is 2.21. The summed E-state index contributed by atoms with van der Waals surface area (Å²) in [5, 5.41) is 6.25. The molecule has 1 fully saturated rings. The van der Waals surface area contributed by atoms with Crippen LogP contribution < -0.4 is 16.4 Å². The summed E-state index contributed by atoms with van der Waals surface area (Å²) >= 11 is 0. The van der Waals surface area contributed by atoms with Crippen LogP contribution in [0.3, 0.4) is 0 Å². The number of piperidine rings is 1. The van der Waals surface area contributed by atoms with Crippen LogP contribution in [0.15, 0.2) is 0 Å². The Kier molecular flexibility index (Phi) is 4.35. The van der Waals surface area contributed by atoms with Crippen molar-refractivity contribution >= 4 is 5.91 Å². The molecule has 1 aliphatic rings. The summed E-state index contributed by atoms with van der Waals surface area (Å²) in [7, 11) is 0. The molecule has 1 saturated heterocycles. The van der Waals surface area contributed by atoms with Gasteiger partial charge < -0.3 is 16.4 Å². The Balaban J connectivity index is 2.31. The average molecular weight is 199 g/mol. The van der Waals surface area contributed by atoms with E-state index in [1.54, 1.807) is 0 Å². The lowest BCUT2D eigenvalue weighted by atomic mass is 10.0. The second-order valence-electron chi connectivity index (χ2n) is 4.30. The van der Waals surface area contributed by atoms with E-state index in [2.05, 4.69) is 10.6 Å². The second kappa shape index (κ2) is 5.32. The van der Waals surface area contributed by atoms with E-state index in [9.17, 15) is 4.79 Å². The third kappa shape index (κ3) is 3.27. The van der Waals surface area contributed by atoms with E-state index in [-0.39, 0.29) is 17.9 Å². The Morgan fingerprint density at radius 1 is 1.43 bits per heavy atom. The third-order valence-electron chi connectivity index (χ3n) is 2.71. The number of amides is 1. The predicted molar refractivity (Wildman–Crippen MR) is 56.8 cm³/mol. The van der Waals surface area contributed by atoms with Crippen LogP contribution in [0.25, 0.3) is 0 Å². The van der Waals surface area contributed by atoms with Crippen molar-refractivity contribution in [3.05, 3.63) is 0 Å². The van der Waals surface area contributed by atoms with Crippen LogP contribution in [0.1, 0.15) is 26.7 Å². The number of nitrogens with two attached hydrogens (primary N) is 1. The van der Waals surface area contributed by atoms with Crippen LogP contribution in [0.2, 0.25) is 0 Å². The smallest absolute Gasteiger partial charge is 0.237 e. The van der Waals surface area contributed by atoms with Gasteiger partial charge in [0.15, 0.2) is 0 Å². The largest absolute Gasteiger partial charge is 0.352 e. The van der Waals surface area contributed by atoms with Crippen molar-refractivity contribution < 1.29 is 4.79 Å². The van der Waals surface area contributed by atoms with E-state index in [4.69, 9.17) is 5.73 Å². The summed E-state index contributed by atoms with van der Waals surface area (Å²) < 4.78 is 0. The van der Waals surface area contributed by atoms with Gasteiger partial charge in [-0.1, -0.05) is 13.8 Å². The van der Waals surface area contributed by atoms with Crippen LogP contribution in [0.4, 0.5) is 0 Å². The van der Waals surface area contributed by atoms with Gasteiger partial charge in [-0.15, -0.1) is 0 Å². The molecule has 0 spiro atoms. The van der Waals surface area contributed by atoms with E-state index in [0.717, 1.165) is 25.9 Å². The molecule has 0 aliphatic carbocycles. The Morgan fingerprint density at radius 3 is 2.50 bits per heavy atom. The Labute approximate surface area is 85.6 Å². The van der Waals surface area contributed by atoms with Gasteiger partial charge in [-0.2, -0.15) is 0 Å². The van der Waals surface area contributed by atoms with E-state index in [0.29, 0.717) is 6.04 Å². The SMILES string of the molecule is CC(C)[C@H](N)C(=O)NC1CCNCC1. The predicted octanol–water partition coefficient (Wildman–Crippen LogP) is -0.162. The van der Waals surface area contributed by atoms with Crippen molar-refractivity contribution in [1.29, 1.82) is 0 Å². The zero-order valence-corrected chi connectivity index (χ0v) is 9.05. The summed E-state index contributed by atoms with van der Waals surface area (Å²) in [5.74, 6) is 0.198. The first kappa shape index (κ1) is 11.5. The van der Waals surface area contributed by atoms with Crippen LogP contribution in [-0.4, -0.2) is 31.1 Å². The van der Waals surface area contributed by atoms with Crippen molar-refractivity contribution in [2.24, 2.45) is 11.7 Å². The zero-order valence-electron chi connectivity index (χ0n) is 9.05. The van der Waals surface area contributed by atoms with Gasteiger partial charge in [0.2, 0.25) is 5.91 Å². The Bertz CT molecular complexity index is 188. The molecule has 14 heavy (non-hydrogen) atoms. The number of nitrogens with one attached hydrogen (secondary N) is 2. The van der Waals surface area contributed by atoms with E-state index >= 15 is 0 Å². The fraction of sp³-hybridized carbons (Fsp3) is 0.900. The first-order valence-electron chi connectivity index (χ1n) is 5.38. The summed E-state index contributed by atoms with van der Waals surface area (Å²) in [4.78, 5) is 11.6. The second-order valence-corrected chi connectivity index (χ2v) is 4.30. The van der Waals surface area contributed by atoms with Crippen molar-refractivity contribution in [2.75, 3.05) is 13.1 Å². The molecule has 0 unspecified atom stereocenters. The number of carbonyl (C=O) groups is 1. The van der Waals surface area contributed by atoms with E-state index < -0.39 is 0 Å². The molecule has 1 atom stereocenters. The fourth-order valence-electron chi connectivity index (χ4n) is 1.57. The molecule has 4 N–H and O–H groups in total. The third-order valence-corrected chi connectivity index (χ3v) is 2.71. The minimum absolute atomic E-state index is 0.00750. The standard InChI is InChI=1S/C10H21N3O/c1-7(2)9(11)10(14)13-8-3-5-12-6-4-8/h7-9,12H,3-6,11H2,1-2H3,(H,13,14)/t9-/m0/s1. The molecule has 0 radical (unpaired) electrons. The topological polar surface area (TPSA) is 67.2 Å². The van der Waals surface area contributed by atoms with Crippen molar-refractivity contribution in [3.8, 4) is 0 Å². The first-order chi connectivity index (χ1) is 6.61. The zero-order chi connectivity index (χ0) is 10.6. The minimum Gasteiger partial charge on any atom is -0.352 e.